The summed E-state index contributed by atoms with van der Waals surface area (Å²) in [5.74, 6) is 0.350. The Morgan fingerprint density at radius 3 is 2.51 bits per heavy atom. The summed E-state index contributed by atoms with van der Waals surface area (Å²) in [6.07, 6.45) is 5.28. The van der Waals surface area contributed by atoms with Crippen molar-refractivity contribution >= 4 is 40.8 Å². The van der Waals surface area contributed by atoms with Gasteiger partial charge < -0.3 is 9.88 Å². The summed E-state index contributed by atoms with van der Waals surface area (Å²) in [4.78, 5) is 22.4. The second-order valence-electron chi connectivity index (χ2n) is 9.14. The molecule has 8 heteroatoms. The predicted molar refractivity (Wildman–Crippen MR) is 152 cm³/mol. The number of rotatable bonds is 7. The molecule has 0 bridgehead atoms. The highest BCUT2D eigenvalue weighted by Gasteiger charge is 2.19. The molecule has 0 spiro atoms. The minimum Gasteiger partial charge on any atom is -0.335 e. The molecule has 0 saturated heterocycles. The van der Waals surface area contributed by atoms with Gasteiger partial charge in [0.25, 0.3) is 5.91 Å². The Morgan fingerprint density at radius 2 is 1.84 bits per heavy atom. The third kappa shape index (κ3) is 7.21. The summed E-state index contributed by atoms with van der Waals surface area (Å²) in [7, 11) is 0. The molecule has 3 aromatic carbocycles. The topological polar surface area (TPSA) is 71.3 Å². The lowest BCUT2D eigenvalue weighted by Gasteiger charge is -2.19. The van der Waals surface area contributed by atoms with E-state index in [1.807, 2.05) is 66.2 Å². The summed E-state index contributed by atoms with van der Waals surface area (Å²) in [5.41, 5.74) is 4.34. The van der Waals surface area contributed by atoms with Crippen LogP contribution in [0.3, 0.4) is 0 Å². The van der Waals surface area contributed by atoms with E-state index in [4.69, 9.17) is 28.2 Å². The number of halogens is 2. The van der Waals surface area contributed by atoms with Crippen LogP contribution in [0.5, 0.6) is 0 Å². The molecule has 190 valence electrons. The highest BCUT2D eigenvalue weighted by atomic mass is 35.5. The lowest BCUT2D eigenvalue weighted by atomic mass is 10.0. The van der Waals surface area contributed by atoms with E-state index in [2.05, 4.69) is 29.5 Å². The molecule has 4 aromatic rings. The third-order valence-corrected chi connectivity index (χ3v) is 6.47. The van der Waals surface area contributed by atoms with Gasteiger partial charge in [-0.15, -0.1) is 0 Å². The number of nitrogens with zero attached hydrogens (tertiary/aromatic N) is 3. The molecule has 0 aliphatic carbocycles. The van der Waals surface area contributed by atoms with Gasteiger partial charge in [0.2, 0.25) is 5.96 Å². The van der Waals surface area contributed by atoms with Gasteiger partial charge in [0.1, 0.15) is 0 Å². The van der Waals surface area contributed by atoms with Crippen LogP contribution < -0.4 is 10.6 Å². The van der Waals surface area contributed by atoms with Crippen molar-refractivity contribution in [3.63, 3.8) is 0 Å². The fourth-order valence-electron chi connectivity index (χ4n) is 3.82. The quantitative estimate of drug-likeness (QED) is 0.194. The maximum atomic E-state index is 13.3. The standard InChI is InChI=1S/C29H29Cl2N5O/c1-19(2)21-5-4-6-22(15-21)28(37)35-29(33-24-10-7-20(3)8-11-24)34-27(17-36-14-13-32-18-36)25-12-9-23(30)16-26(25)31/h4-16,18-19,27H,17H2,1-3H3,(H2,33,34,35,37). The molecule has 1 heterocycles. The van der Waals surface area contributed by atoms with E-state index < -0.39 is 6.04 Å². The zero-order valence-electron chi connectivity index (χ0n) is 21.0. The molecule has 2 N–H and O–H groups in total. The van der Waals surface area contributed by atoms with E-state index in [9.17, 15) is 4.79 Å². The molecular formula is C29H29Cl2N5O. The van der Waals surface area contributed by atoms with Crippen molar-refractivity contribution in [1.29, 1.82) is 0 Å². The summed E-state index contributed by atoms with van der Waals surface area (Å²) >= 11 is 12.7. The van der Waals surface area contributed by atoms with Gasteiger partial charge in [-0.1, -0.05) is 72.9 Å². The third-order valence-electron chi connectivity index (χ3n) is 5.91. The van der Waals surface area contributed by atoms with Gasteiger partial charge in [-0.2, -0.15) is 0 Å². The lowest BCUT2D eigenvalue weighted by molar-refractivity contribution is 0.0976. The Labute approximate surface area is 227 Å². The molecular weight excluding hydrogens is 505 g/mol. The highest BCUT2D eigenvalue weighted by molar-refractivity contribution is 6.35. The molecule has 1 aromatic heterocycles. The van der Waals surface area contributed by atoms with Gasteiger partial charge in [0, 0.05) is 33.7 Å². The van der Waals surface area contributed by atoms with Crippen LogP contribution in [0.2, 0.25) is 10.0 Å². The summed E-state index contributed by atoms with van der Waals surface area (Å²) in [6, 6.07) is 20.4. The molecule has 0 aliphatic heterocycles. The monoisotopic (exact) mass is 533 g/mol. The number of aryl methyl sites for hydroxylation is 1. The lowest BCUT2D eigenvalue weighted by Crippen LogP contribution is -2.36. The largest absolute Gasteiger partial charge is 0.335 e. The Hall–Kier alpha value is -3.61. The van der Waals surface area contributed by atoms with E-state index in [0.717, 1.165) is 22.4 Å². The molecule has 4 rings (SSSR count). The number of hydrogen-bond acceptors (Lipinski definition) is 3. The second kappa shape index (κ2) is 12.1. The Kier molecular flexibility index (Phi) is 8.64. The van der Waals surface area contributed by atoms with Crippen LogP contribution >= 0.6 is 23.2 Å². The van der Waals surface area contributed by atoms with Crippen molar-refractivity contribution in [1.82, 2.24) is 14.9 Å². The SMILES string of the molecule is Cc1ccc(NC(=NC(Cn2ccnc2)c2ccc(Cl)cc2Cl)NC(=O)c2cccc(C(C)C)c2)cc1. The smallest absolute Gasteiger partial charge is 0.257 e. The van der Waals surface area contributed by atoms with Crippen molar-refractivity contribution in [3.8, 4) is 0 Å². The van der Waals surface area contributed by atoms with Crippen molar-refractivity contribution in [2.24, 2.45) is 4.99 Å². The predicted octanol–water partition coefficient (Wildman–Crippen LogP) is 7.26. The molecule has 1 atom stereocenters. The van der Waals surface area contributed by atoms with E-state index in [-0.39, 0.29) is 5.91 Å². The first-order chi connectivity index (χ1) is 17.8. The average Bonchev–Trinajstić information content (AvgIpc) is 3.38. The van der Waals surface area contributed by atoms with Crippen LogP contribution in [0.4, 0.5) is 5.69 Å². The number of imidazole rings is 1. The number of anilines is 1. The molecule has 0 aliphatic rings. The number of amides is 1. The van der Waals surface area contributed by atoms with Gasteiger partial charge in [-0.3, -0.25) is 10.1 Å². The fraction of sp³-hybridized carbons (Fsp3) is 0.207. The van der Waals surface area contributed by atoms with Gasteiger partial charge in [0.15, 0.2) is 0 Å². The van der Waals surface area contributed by atoms with Crippen LogP contribution in [0.1, 0.15) is 52.9 Å². The number of carbonyl (C=O) groups is 1. The highest BCUT2D eigenvalue weighted by Crippen LogP contribution is 2.30. The first-order valence-corrected chi connectivity index (χ1v) is 12.8. The van der Waals surface area contributed by atoms with E-state index in [0.29, 0.717) is 34.0 Å². The molecule has 0 radical (unpaired) electrons. The van der Waals surface area contributed by atoms with Crippen molar-refractivity contribution in [2.75, 3.05) is 5.32 Å². The molecule has 37 heavy (non-hydrogen) atoms. The molecule has 6 nitrogen and oxygen atoms in total. The number of hydrogen-bond donors (Lipinski definition) is 2. The number of guanidine groups is 1. The van der Waals surface area contributed by atoms with Gasteiger partial charge in [0.05, 0.1) is 18.9 Å². The molecule has 1 amide bonds. The second-order valence-corrected chi connectivity index (χ2v) is 9.99. The van der Waals surface area contributed by atoms with Crippen LogP contribution in [0.25, 0.3) is 0 Å². The van der Waals surface area contributed by atoms with Crippen molar-refractivity contribution < 1.29 is 4.79 Å². The summed E-state index contributed by atoms with van der Waals surface area (Å²) in [6.45, 7) is 6.67. The van der Waals surface area contributed by atoms with E-state index in [1.54, 1.807) is 30.7 Å². The Bertz CT molecular complexity index is 1380. The number of benzene rings is 3. The Morgan fingerprint density at radius 1 is 1.05 bits per heavy atom. The maximum absolute atomic E-state index is 13.3. The summed E-state index contributed by atoms with van der Waals surface area (Å²) < 4.78 is 1.91. The molecule has 0 saturated carbocycles. The first-order valence-electron chi connectivity index (χ1n) is 12.0. The number of aliphatic imine (C=N–C) groups is 1. The van der Waals surface area contributed by atoms with Crippen LogP contribution in [-0.2, 0) is 6.54 Å². The molecule has 1 unspecified atom stereocenters. The van der Waals surface area contributed by atoms with E-state index in [1.165, 1.54) is 0 Å². The van der Waals surface area contributed by atoms with Crippen LogP contribution in [-0.4, -0.2) is 21.4 Å². The van der Waals surface area contributed by atoms with Crippen LogP contribution in [0.15, 0.2) is 90.4 Å². The van der Waals surface area contributed by atoms with E-state index >= 15 is 0 Å². The minimum absolute atomic E-state index is 0.260. The van der Waals surface area contributed by atoms with Crippen LogP contribution in [0, 0.1) is 6.92 Å². The maximum Gasteiger partial charge on any atom is 0.257 e. The van der Waals surface area contributed by atoms with Gasteiger partial charge in [-0.05, 0) is 60.4 Å². The fourth-order valence-corrected chi connectivity index (χ4v) is 4.35. The average molecular weight is 534 g/mol. The summed E-state index contributed by atoms with van der Waals surface area (Å²) in [5, 5.41) is 7.29. The normalized spacial score (nSPS) is 12.4. The number of carbonyl (C=O) groups excluding carboxylic acids is 1. The number of aromatic nitrogens is 2. The zero-order valence-corrected chi connectivity index (χ0v) is 22.5. The van der Waals surface area contributed by atoms with Gasteiger partial charge in [-0.25, -0.2) is 9.98 Å². The van der Waals surface area contributed by atoms with Crippen molar-refractivity contribution in [2.45, 2.75) is 39.3 Å². The minimum atomic E-state index is -0.436. The first kappa shape index (κ1) is 26.5. The van der Waals surface area contributed by atoms with Gasteiger partial charge >= 0.3 is 0 Å². The van der Waals surface area contributed by atoms with Crippen molar-refractivity contribution in [3.05, 3.63) is 118 Å². The Balaban J connectivity index is 1.72. The zero-order chi connectivity index (χ0) is 26.4. The number of nitrogens with one attached hydrogen (secondary N) is 2. The molecule has 0 fully saturated rings.